The summed E-state index contributed by atoms with van der Waals surface area (Å²) in [6.07, 6.45) is 3.22. The Hall–Kier alpha value is -3.00. The van der Waals surface area contributed by atoms with E-state index in [0.717, 1.165) is 37.7 Å². The van der Waals surface area contributed by atoms with Crippen molar-refractivity contribution in [2.75, 3.05) is 36.4 Å². The van der Waals surface area contributed by atoms with E-state index in [1.165, 1.54) is 6.33 Å². The Bertz CT molecular complexity index is 982. The van der Waals surface area contributed by atoms with E-state index in [-0.39, 0.29) is 5.56 Å². The van der Waals surface area contributed by atoms with Crippen molar-refractivity contribution >= 4 is 39.7 Å². The topological polar surface area (TPSA) is 77.2 Å². The van der Waals surface area contributed by atoms with Crippen LogP contribution in [-0.2, 0) is 0 Å². The van der Waals surface area contributed by atoms with Crippen LogP contribution in [0.25, 0.3) is 10.9 Å². The van der Waals surface area contributed by atoms with Crippen LogP contribution in [0.15, 0.2) is 53.7 Å². The number of nitrogens with zero attached hydrogens (tertiary/aromatic N) is 4. The Labute approximate surface area is 155 Å². The summed E-state index contributed by atoms with van der Waals surface area (Å²) in [6, 6.07) is 11.4. The van der Waals surface area contributed by atoms with E-state index in [2.05, 4.69) is 30.1 Å². The summed E-state index contributed by atoms with van der Waals surface area (Å²) in [5.74, 6) is 0.993. The summed E-state index contributed by atoms with van der Waals surface area (Å²) in [5.41, 5.74) is 1.29. The van der Waals surface area contributed by atoms with Gasteiger partial charge in [-0.2, -0.15) is 0 Å². The largest absolute Gasteiger partial charge is 0.353 e. The lowest BCUT2D eigenvalue weighted by Crippen LogP contribution is -2.50. The monoisotopic (exact) mass is 366 g/mol. The number of benzene rings is 1. The third-order valence-electron chi connectivity index (χ3n) is 4.43. The fourth-order valence-corrected chi connectivity index (χ4v) is 3.33. The minimum atomic E-state index is -0.159. The molecule has 2 aromatic heterocycles. The van der Waals surface area contributed by atoms with Crippen LogP contribution in [0.5, 0.6) is 0 Å². The Morgan fingerprint density at radius 3 is 2.73 bits per heavy atom. The summed E-state index contributed by atoms with van der Waals surface area (Å²) in [4.78, 5) is 27.4. The maximum absolute atomic E-state index is 11.9. The summed E-state index contributed by atoms with van der Waals surface area (Å²) >= 11 is 5.55. The normalized spacial score (nSPS) is 14.5. The first-order valence-corrected chi connectivity index (χ1v) is 8.81. The highest BCUT2D eigenvalue weighted by Gasteiger charge is 2.19. The van der Waals surface area contributed by atoms with Crippen molar-refractivity contribution in [2.45, 2.75) is 0 Å². The second kappa shape index (κ2) is 7.09. The lowest BCUT2D eigenvalue weighted by Gasteiger charge is -2.36. The number of hydrogen-bond donors (Lipinski definition) is 2. The number of anilines is 2. The average Bonchev–Trinajstić information content (AvgIpc) is 2.69. The zero-order valence-corrected chi connectivity index (χ0v) is 14.9. The highest BCUT2D eigenvalue weighted by atomic mass is 32.1. The predicted octanol–water partition coefficient (Wildman–Crippen LogP) is 1.84. The molecular weight excluding hydrogens is 348 g/mol. The Kier molecular flexibility index (Phi) is 4.49. The van der Waals surface area contributed by atoms with Crippen LogP contribution in [-0.4, -0.2) is 51.1 Å². The second-order valence-electron chi connectivity index (χ2n) is 6.06. The van der Waals surface area contributed by atoms with Gasteiger partial charge in [0, 0.05) is 38.1 Å². The minimum absolute atomic E-state index is 0.159. The number of H-pyrrole nitrogens is 1. The van der Waals surface area contributed by atoms with Gasteiger partial charge in [0.25, 0.3) is 5.56 Å². The van der Waals surface area contributed by atoms with E-state index in [1.807, 2.05) is 36.5 Å². The van der Waals surface area contributed by atoms with Gasteiger partial charge < -0.3 is 20.1 Å². The van der Waals surface area contributed by atoms with Crippen LogP contribution in [0, 0.1) is 0 Å². The molecule has 8 heteroatoms. The van der Waals surface area contributed by atoms with E-state index >= 15 is 0 Å². The molecule has 1 saturated heterocycles. The van der Waals surface area contributed by atoms with Crippen molar-refractivity contribution < 1.29 is 0 Å². The van der Waals surface area contributed by atoms with Crippen LogP contribution in [0.3, 0.4) is 0 Å². The summed E-state index contributed by atoms with van der Waals surface area (Å²) in [6.45, 7) is 3.36. The van der Waals surface area contributed by atoms with Gasteiger partial charge in [0.15, 0.2) is 5.11 Å². The van der Waals surface area contributed by atoms with E-state index in [0.29, 0.717) is 16.0 Å². The molecule has 1 aromatic carbocycles. The first-order valence-electron chi connectivity index (χ1n) is 8.40. The van der Waals surface area contributed by atoms with Crippen molar-refractivity contribution in [1.29, 1.82) is 0 Å². The third-order valence-corrected chi connectivity index (χ3v) is 4.79. The molecule has 0 atom stereocenters. The number of piperazine rings is 1. The van der Waals surface area contributed by atoms with Crippen molar-refractivity contribution in [1.82, 2.24) is 19.9 Å². The fourth-order valence-electron chi connectivity index (χ4n) is 3.03. The average molecular weight is 366 g/mol. The van der Waals surface area contributed by atoms with Crippen LogP contribution in [0.1, 0.15) is 0 Å². The third kappa shape index (κ3) is 3.36. The molecule has 0 bridgehead atoms. The molecule has 3 aromatic rings. The van der Waals surface area contributed by atoms with Gasteiger partial charge in [-0.15, -0.1) is 0 Å². The van der Waals surface area contributed by atoms with Gasteiger partial charge >= 0.3 is 0 Å². The fraction of sp³-hybridized carbons (Fsp3) is 0.222. The van der Waals surface area contributed by atoms with Crippen molar-refractivity contribution in [2.24, 2.45) is 0 Å². The van der Waals surface area contributed by atoms with Gasteiger partial charge in [-0.3, -0.25) is 4.79 Å². The summed E-state index contributed by atoms with van der Waals surface area (Å²) in [5, 5.41) is 4.43. The predicted molar refractivity (Wildman–Crippen MR) is 107 cm³/mol. The first kappa shape index (κ1) is 16.5. The van der Waals surface area contributed by atoms with E-state index in [4.69, 9.17) is 12.2 Å². The van der Waals surface area contributed by atoms with E-state index in [9.17, 15) is 4.79 Å². The number of fused-ring (bicyclic) bond motifs is 1. The van der Waals surface area contributed by atoms with Gasteiger partial charge in [-0.05, 0) is 42.5 Å². The molecule has 7 nitrogen and oxygen atoms in total. The van der Waals surface area contributed by atoms with Gasteiger partial charge in [0.1, 0.15) is 5.82 Å². The summed E-state index contributed by atoms with van der Waals surface area (Å²) in [7, 11) is 0. The standard InChI is InChI=1S/C18H18N6OS/c25-17-14-11-13(4-5-15(14)20-12-21-17)22-18(26)24-9-7-23(8-10-24)16-3-1-2-6-19-16/h1-6,11-12H,7-10H2,(H,22,26)(H,20,21,25). The van der Waals surface area contributed by atoms with Crippen LogP contribution in [0.2, 0.25) is 0 Å². The SMILES string of the molecule is O=c1[nH]cnc2ccc(NC(=S)N3CCN(c4ccccn4)CC3)cc12. The highest BCUT2D eigenvalue weighted by Crippen LogP contribution is 2.16. The smallest absolute Gasteiger partial charge is 0.258 e. The molecule has 132 valence electrons. The first-order chi connectivity index (χ1) is 12.7. The zero-order valence-electron chi connectivity index (χ0n) is 14.1. The van der Waals surface area contributed by atoms with Gasteiger partial charge in [-0.25, -0.2) is 9.97 Å². The molecule has 1 aliphatic heterocycles. The molecule has 0 aliphatic carbocycles. The number of pyridine rings is 1. The van der Waals surface area contributed by atoms with Gasteiger partial charge in [0.05, 0.1) is 17.2 Å². The van der Waals surface area contributed by atoms with E-state index < -0.39 is 0 Å². The van der Waals surface area contributed by atoms with E-state index in [1.54, 1.807) is 6.07 Å². The maximum atomic E-state index is 11.9. The molecule has 3 heterocycles. The van der Waals surface area contributed by atoms with Crippen LogP contribution in [0.4, 0.5) is 11.5 Å². The number of hydrogen-bond acceptors (Lipinski definition) is 5. The number of nitrogens with one attached hydrogen (secondary N) is 2. The lowest BCUT2D eigenvalue weighted by atomic mass is 10.2. The summed E-state index contributed by atoms with van der Waals surface area (Å²) < 4.78 is 0. The molecule has 4 rings (SSSR count). The van der Waals surface area contributed by atoms with Crippen molar-refractivity contribution in [3.05, 3.63) is 59.3 Å². The quantitative estimate of drug-likeness (QED) is 0.670. The Morgan fingerprint density at radius 1 is 1.12 bits per heavy atom. The van der Waals surface area contributed by atoms with Crippen LogP contribution < -0.4 is 15.8 Å². The van der Waals surface area contributed by atoms with Gasteiger partial charge in [-0.1, -0.05) is 6.07 Å². The number of thiocarbonyl (C=S) groups is 1. The molecule has 1 fully saturated rings. The molecule has 0 unspecified atom stereocenters. The molecule has 0 saturated carbocycles. The van der Waals surface area contributed by atoms with Crippen molar-refractivity contribution in [3.8, 4) is 0 Å². The molecule has 1 aliphatic rings. The molecule has 0 radical (unpaired) electrons. The number of aromatic nitrogens is 3. The second-order valence-corrected chi connectivity index (χ2v) is 6.44. The zero-order chi connectivity index (χ0) is 17.9. The highest BCUT2D eigenvalue weighted by molar-refractivity contribution is 7.80. The molecule has 0 amide bonds. The molecular formula is C18H18N6OS. The Balaban J connectivity index is 1.41. The maximum Gasteiger partial charge on any atom is 0.258 e. The molecule has 2 N–H and O–H groups in total. The molecule has 26 heavy (non-hydrogen) atoms. The number of rotatable bonds is 2. The van der Waals surface area contributed by atoms with Crippen LogP contribution >= 0.6 is 12.2 Å². The molecule has 0 spiro atoms. The van der Waals surface area contributed by atoms with Crippen molar-refractivity contribution in [3.63, 3.8) is 0 Å². The number of aromatic amines is 1. The lowest BCUT2D eigenvalue weighted by molar-refractivity contribution is 0.389. The Morgan fingerprint density at radius 2 is 1.96 bits per heavy atom. The van der Waals surface area contributed by atoms with Gasteiger partial charge in [0.2, 0.25) is 0 Å². The minimum Gasteiger partial charge on any atom is -0.353 e.